The van der Waals surface area contributed by atoms with Crippen LogP contribution in [0.15, 0.2) is 95.4 Å². The summed E-state index contributed by atoms with van der Waals surface area (Å²) in [5.41, 5.74) is 5.39. The van der Waals surface area contributed by atoms with Crippen molar-refractivity contribution in [3.8, 4) is 11.1 Å². The molecule has 5 aromatic rings. The smallest absolute Gasteiger partial charge is 0.263 e. The maximum atomic E-state index is 13.3. The fourth-order valence-corrected chi connectivity index (χ4v) is 4.93. The lowest BCUT2D eigenvalue weighted by atomic mass is 9.99. The number of thiophene rings is 1. The molecule has 0 aliphatic carbocycles. The van der Waals surface area contributed by atoms with E-state index in [1.54, 1.807) is 0 Å². The number of fused-ring (bicyclic) bond motifs is 1. The van der Waals surface area contributed by atoms with Crippen LogP contribution in [0.3, 0.4) is 0 Å². The molecule has 2 heterocycles. The summed E-state index contributed by atoms with van der Waals surface area (Å²) in [5.74, 6) is 0.145. The van der Waals surface area contributed by atoms with Crippen molar-refractivity contribution in [2.24, 2.45) is 0 Å². The number of anilines is 3. The molecule has 5 rings (SSSR count). The molecule has 0 saturated heterocycles. The molecule has 2 aromatic heterocycles. The minimum absolute atomic E-state index is 0.118. The summed E-state index contributed by atoms with van der Waals surface area (Å²) in [5, 5.41) is 8.67. The van der Waals surface area contributed by atoms with Gasteiger partial charge in [0, 0.05) is 28.0 Å². The average Bonchev–Trinajstić information content (AvgIpc) is 3.33. The second kappa shape index (κ2) is 10.2. The molecule has 0 saturated carbocycles. The number of aromatic nitrogens is 2. The number of hydrogen-bond donors (Lipinski definition) is 2. The van der Waals surface area contributed by atoms with E-state index in [-0.39, 0.29) is 18.0 Å². The molecule has 3 aromatic carbocycles. The van der Waals surface area contributed by atoms with E-state index in [1.165, 1.54) is 27.8 Å². The molecule has 2 N–H and O–H groups in total. The molecule has 0 atom stereocenters. The predicted molar refractivity (Wildman–Crippen MR) is 148 cm³/mol. The van der Waals surface area contributed by atoms with E-state index in [2.05, 4.69) is 41.6 Å². The van der Waals surface area contributed by atoms with Crippen LogP contribution in [0.1, 0.15) is 25.3 Å². The lowest BCUT2D eigenvalue weighted by Crippen LogP contribution is -2.27. The molecule has 7 heteroatoms. The average molecular weight is 495 g/mol. The monoisotopic (exact) mass is 494 g/mol. The van der Waals surface area contributed by atoms with Crippen LogP contribution in [-0.2, 0) is 11.3 Å². The Morgan fingerprint density at radius 2 is 1.58 bits per heavy atom. The molecule has 0 bridgehead atoms. The van der Waals surface area contributed by atoms with E-state index in [1.807, 2.05) is 72.1 Å². The number of nitrogens with one attached hydrogen (secondary N) is 2. The van der Waals surface area contributed by atoms with Crippen LogP contribution in [0.2, 0.25) is 0 Å². The number of para-hydroxylation sites is 1. The molecule has 36 heavy (non-hydrogen) atoms. The van der Waals surface area contributed by atoms with E-state index in [4.69, 9.17) is 0 Å². The lowest BCUT2D eigenvalue weighted by Gasteiger charge is -2.10. The first-order chi connectivity index (χ1) is 17.5. The molecule has 180 valence electrons. The van der Waals surface area contributed by atoms with Crippen molar-refractivity contribution in [1.29, 1.82) is 0 Å². The fourth-order valence-electron chi connectivity index (χ4n) is 4.02. The number of hydrogen-bond acceptors (Lipinski definition) is 5. The van der Waals surface area contributed by atoms with Crippen molar-refractivity contribution in [3.63, 3.8) is 0 Å². The van der Waals surface area contributed by atoms with Crippen molar-refractivity contribution in [1.82, 2.24) is 9.55 Å². The number of carbonyl (C=O) groups is 1. The van der Waals surface area contributed by atoms with Crippen molar-refractivity contribution < 1.29 is 4.79 Å². The molecular weight excluding hydrogens is 468 g/mol. The van der Waals surface area contributed by atoms with Crippen molar-refractivity contribution in [2.75, 3.05) is 10.6 Å². The van der Waals surface area contributed by atoms with E-state index in [0.717, 1.165) is 22.5 Å². The largest absolute Gasteiger partial charge is 0.356 e. The molecule has 6 nitrogen and oxygen atoms in total. The Morgan fingerprint density at radius 1 is 0.917 bits per heavy atom. The van der Waals surface area contributed by atoms with Gasteiger partial charge in [-0.15, -0.1) is 11.3 Å². The Hall–Kier alpha value is -4.23. The fraction of sp³-hybridized carbons (Fsp3) is 0.138. The lowest BCUT2D eigenvalue weighted by molar-refractivity contribution is -0.116. The minimum atomic E-state index is -0.292. The van der Waals surface area contributed by atoms with Crippen molar-refractivity contribution in [3.05, 3.63) is 106 Å². The first-order valence-corrected chi connectivity index (χ1v) is 12.6. The van der Waals surface area contributed by atoms with Gasteiger partial charge in [-0.1, -0.05) is 56.3 Å². The molecule has 0 unspecified atom stereocenters. The van der Waals surface area contributed by atoms with Crippen LogP contribution < -0.4 is 16.2 Å². The number of carbonyl (C=O) groups excluding carboxylic acids is 1. The molecular formula is C29H26N4O2S. The van der Waals surface area contributed by atoms with Gasteiger partial charge in [-0.3, -0.25) is 14.2 Å². The number of nitrogens with zero attached hydrogens (tertiary/aromatic N) is 2. The standard InChI is InChI=1S/C29H26N4O2S/c1-19(2)20-8-10-21(11-9-20)25-17-36-28-27(25)29(35)33(18-30-28)16-26(34)32-24-14-12-23(13-15-24)31-22-6-4-3-5-7-22/h3-15,17-19,31H,16H2,1-2H3,(H,32,34). The topological polar surface area (TPSA) is 76.0 Å². The summed E-state index contributed by atoms with van der Waals surface area (Å²) < 4.78 is 1.36. The zero-order valence-electron chi connectivity index (χ0n) is 20.1. The summed E-state index contributed by atoms with van der Waals surface area (Å²) in [4.78, 5) is 31.1. The third kappa shape index (κ3) is 5.06. The quantitative estimate of drug-likeness (QED) is 0.266. The summed E-state index contributed by atoms with van der Waals surface area (Å²) in [6.07, 6.45) is 1.44. The summed E-state index contributed by atoms with van der Waals surface area (Å²) in [6, 6.07) is 25.6. The highest BCUT2D eigenvalue weighted by Gasteiger charge is 2.15. The van der Waals surface area contributed by atoms with Gasteiger partial charge in [0.1, 0.15) is 11.4 Å². The van der Waals surface area contributed by atoms with Gasteiger partial charge in [-0.05, 0) is 53.4 Å². The van der Waals surface area contributed by atoms with Gasteiger partial charge >= 0.3 is 0 Å². The molecule has 0 spiro atoms. The third-order valence-electron chi connectivity index (χ3n) is 5.99. The van der Waals surface area contributed by atoms with E-state index >= 15 is 0 Å². The third-order valence-corrected chi connectivity index (χ3v) is 6.88. The molecule has 0 radical (unpaired) electrons. The Balaban J connectivity index is 1.31. The van der Waals surface area contributed by atoms with Gasteiger partial charge < -0.3 is 10.6 Å². The number of amides is 1. The first-order valence-electron chi connectivity index (χ1n) is 11.8. The zero-order valence-corrected chi connectivity index (χ0v) is 20.9. The van der Waals surface area contributed by atoms with E-state index < -0.39 is 0 Å². The molecule has 0 fully saturated rings. The van der Waals surface area contributed by atoms with Crippen molar-refractivity contribution in [2.45, 2.75) is 26.3 Å². The molecule has 0 aliphatic heterocycles. The first kappa shape index (κ1) is 23.5. The van der Waals surface area contributed by atoms with Crippen LogP contribution in [-0.4, -0.2) is 15.5 Å². The Labute approximate surface area is 213 Å². The zero-order chi connectivity index (χ0) is 25.1. The molecule has 0 aliphatic rings. The second-order valence-corrected chi connectivity index (χ2v) is 9.76. The highest BCUT2D eigenvalue weighted by Crippen LogP contribution is 2.31. The maximum absolute atomic E-state index is 13.3. The highest BCUT2D eigenvalue weighted by atomic mass is 32.1. The maximum Gasteiger partial charge on any atom is 0.263 e. The van der Waals surface area contributed by atoms with Gasteiger partial charge in [-0.25, -0.2) is 4.98 Å². The molecule has 1 amide bonds. The summed E-state index contributed by atoms with van der Waals surface area (Å²) in [7, 11) is 0. The Bertz CT molecular complexity index is 1550. The second-order valence-electron chi connectivity index (χ2n) is 8.90. The van der Waals surface area contributed by atoms with Gasteiger partial charge in [0.05, 0.1) is 11.7 Å². The predicted octanol–water partition coefficient (Wildman–Crippen LogP) is 6.63. The normalized spacial score (nSPS) is 11.1. The Morgan fingerprint density at radius 3 is 2.28 bits per heavy atom. The van der Waals surface area contributed by atoms with Crippen LogP contribution in [0.4, 0.5) is 17.1 Å². The van der Waals surface area contributed by atoms with Crippen LogP contribution in [0.25, 0.3) is 21.3 Å². The highest BCUT2D eigenvalue weighted by molar-refractivity contribution is 7.17. The minimum Gasteiger partial charge on any atom is -0.356 e. The van der Waals surface area contributed by atoms with Crippen LogP contribution in [0.5, 0.6) is 0 Å². The van der Waals surface area contributed by atoms with Gasteiger partial charge in [-0.2, -0.15) is 0 Å². The summed E-state index contributed by atoms with van der Waals surface area (Å²) >= 11 is 1.43. The number of rotatable bonds is 7. The Kier molecular flexibility index (Phi) is 6.64. The van der Waals surface area contributed by atoms with E-state index in [0.29, 0.717) is 21.8 Å². The van der Waals surface area contributed by atoms with Gasteiger partial charge in [0.15, 0.2) is 0 Å². The van der Waals surface area contributed by atoms with Crippen LogP contribution in [0, 0.1) is 0 Å². The SMILES string of the molecule is CC(C)c1ccc(-c2csc3ncn(CC(=O)Nc4ccc(Nc5ccccc5)cc4)c(=O)c23)cc1. The summed E-state index contributed by atoms with van der Waals surface area (Å²) in [6.45, 7) is 4.19. The van der Waals surface area contributed by atoms with Gasteiger partial charge in [0.25, 0.3) is 5.56 Å². The van der Waals surface area contributed by atoms with E-state index in [9.17, 15) is 9.59 Å². The van der Waals surface area contributed by atoms with Crippen LogP contribution >= 0.6 is 11.3 Å². The number of benzene rings is 3. The van der Waals surface area contributed by atoms with Crippen molar-refractivity contribution >= 4 is 44.5 Å². The van der Waals surface area contributed by atoms with Gasteiger partial charge in [0.2, 0.25) is 5.91 Å².